The number of aromatic nitrogens is 1. The molecule has 0 aliphatic rings. The molecule has 0 saturated carbocycles. The third-order valence-corrected chi connectivity index (χ3v) is 4.85. The largest absolute Gasteiger partial charge is 0.212 e. The van der Waals surface area contributed by atoms with Crippen LogP contribution in [-0.2, 0) is 6.54 Å². The number of pyridine rings is 1. The van der Waals surface area contributed by atoms with Crippen molar-refractivity contribution in [1.29, 1.82) is 0 Å². The summed E-state index contributed by atoms with van der Waals surface area (Å²) in [6.45, 7) is 0.996. The Morgan fingerprint density at radius 2 is 1.16 bits per heavy atom. The fraction of sp³-hybridized carbons (Fsp3) is 0.125. The molecule has 0 aliphatic carbocycles. The van der Waals surface area contributed by atoms with Gasteiger partial charge in [0.25, 0.3) is 0 Å². The molecular weight excluding hydrogens is 302 g/mol. The van der Waals surface area contributed by atoms with Crippen LogP contribution in [0.3, 0.4) is 0 Å². The predicted molar refractivity (Wildman–Crippen MR) is 103 cm³/mol. The Labute approximate surface area is 149 Å². The van der Waals surface area contributed by atoms with Gasteiger partial charge in [-0.15, -0.1) is 0 Å². The van der Waals surface area contributed by atoms with Crippen molar-refractivity contribution in [2.24, 2.45) is 0 Å². The minimum atomic E-state index is 0.411. The number of rotatable bonds is 5. The Kier molecular flexibility index (Phi) is 4.56. The predicted octanol–water partition coefficient (Wildman–Crippen LogP) is 5.35. The Balaban J connectivity index is 1.65. The van der Waals surface area contributed by atoms with Crippen molar-refractivity contribution in [2.45, 2.75) is 18.9 Å². The summed E-state index contributed by atoms with van der Waals surface area (Å²) >= 11 is 0. The van der Waals surface area contributed by atoms with E-state index in [1.807, 2.05) is 0 Å². The first-order valence-corrected chi connectivity index (χ1v) is 8.89. The van der Waals surface area contributed by atoms with Crippen LogP contribution in [0.25, 0.3) is 10.9 Å². The molecule has 122 valence electrons. The molecule has 0 N–H and O–H groups in total. The molecule has 0 amide bonds. The molecule has 4 rings (SSSR count). The second-order valence-corrected chi connectivity index (χ2v) is 6.42. The van der Waals surface area contributed by atoms with Crippen LogP contribution in [-0.4, -0.2) is 0 Å². The number of aryl methyl sites for hydroxylation is 1. The molecule has 4 aromatic rings. The van der Waals surface area contributed by atoms with Gasteiger partial charge in [-0.2, -0.15) is 4.57 Å². The van der Waals surface area contributed by atoms with Crippen LogP contribution in [0, 0.1) is 0 Å². The van der Waals surface area contributed by atoms with E-state index in [0.717, 1.165) is 13.0 Å². The van der Waals surface area contributed by atoms with Gasteiger partial charge >= 0.3 is 0 Å². The summed E-state index contributed by atoms with van der Waals surface area (Å²) in [5.41, 5.74) is 4.06. The lowest BCUT2D eigenvalue weighted by molar-refractivity contribution is -0.672. The van der Waals surface area contributed by atoms with E-state index in [9.17, 15) is 0 Å². The molecule has 0 atom stereocenters. The molecule has 0 unspecified atom stereocenters. The molecule has 1 heterocycles. The topological polar surface area (TPSA) is 3.88 Å². The molecule has 1 nitrogen and oxygen atoms in total. The van der Waals surface area contributed by atoms with Gasteiger partial charge in [0.15, 0.2) is 6.20 Å². The zero-order valence-electron chi connectivity index (χ0n) is 14.3. The SMILES string of the molecule is c1ccc(C(CC[n+]2cccc3ccccc32)c2ccccc2)cc1. The van der Waals surface area contributed by atoms with Crippen LogP contribution in [0.2, 0.25) is 0 Å². The molecule has 0 aliphatic heterocycles. The Hall–Kier alpha value is -2.93. The van der Waals surface area contributed by atoms with E-state index in [-0.39, 0.29) is 0 Å². The van der Waals surface area contributed by atoms with Gasteiger partial charge in [0.2, 0.25) is 5.52 Å². The number of hydrogen-bond acceptors (Lipinski definition) is 0. The first-order valence-electron chi connectivity index (χ1n) is 8.89. The van der Waals surface area contributed by atoms with Gasteiger partial charge in [-0.05, 0) is 23.3 Å². The van der Waals surface area contributed by atoms with E-state index in [0.29, 0.717) is 5.92 Å². The van der Waals surface area contributed by atoms with E-state index in [2.05, 4.69) is 108 Å². The summed E-state index contributed by atoms with van der Waals surface area (Å²) in [6, 6.07) is 34.6. The standard InChI is InChI=1S/C24H22N/c1-3-10-20(11-4-1)23(21-12-5-2-6-13-21)17-19-25-18-9-15-22-14-7-8-16-24(22)25/h1-16,18,23H,17,19H2/q+1. The fourth-order valence-corrected chi connectivity index (χ4v) is 3.58. The maximum Gasteiger partial charge on any atom is 0.212 e. The molecule has 1 heteroatoms. The molecule has 0 fully saturated rings. The number of fused-ring (bicyclic) bond motifs is 1. The van der Waals surface area contributed by atoms with Crippen LogP contribution in [0.5, 0.6) is 0 Å². The number of hydrogen-bond donors (Lipinski definition) is 0. The minimum Gasteiger partial charge on any atom is -0.198 e. The molecule has 1 aromatic heterocycles. The highest BCUT2D eigenvalue weighted by atomic mass is 14.9. The highest BCUT2D eigenvalue weighted by Crippen LogP contribution is 2.27. The van der Waals surface area contributed by atoms with Gasteiger partial charge in [0, 0.05) is 29.9 Å². The highest BCUT2D eigenvalue weighted by Gasteiger charge is 2.17. The van der Waals surface area contributed by atoms with Gasteiger partial charge in [0.1, 0.15) is 6.54 Å². The third-order valence-electron chi connectivity index (χ3n) is 4.85. The van der Waals surface area contributed by atoms with Crippen molar-refractivity contribution in [3.63, 3.8) is 0 Å². The van der Waals surface area contributed by atoms with E-state index in [1.54, 1.807) is 0 Å². The lowest BCUT2D eigenvalue weighted by Crippen LogP contribution is -2.34. The van der Waals surface area contributed by atoms with E-state index >= 15 is 0 Å². The molecule has 0 radical (unpaired) electrons. The van der Waals surface area contributed by atoms with Crippen molar-refractivity contribution >= 4 is 10.9 Å². The average molecular weight is 324 g/mol. The van der Waals surface area contributed by atoms with Crippen LogP contribution < -0.4 is 4.57 Å². The summed E-state index contributed by atoms with van der Waals surface area (Å²) in [7, 11) is 0. The van der Waals surface area contributed by atoms with Crippen molar-refractivity contribution in [3.8, 4) is 0 Å². The lowest BCUT2D eigenvalue weighted by atomic mass is 9.88. The Morgan fingerprint density at radius 1 is 0.600 bits per heavy atom. The smallest absolute Gasteiger partial charge is 0.198 e. The summed E-state index contributed by atoms with van der Waals surface area (Å²) < 4.78 is 2.37. The molecule has 0 saturated heterocycles. The monoisotopic (exact) mass is 324 g/mol. The Morgan fingerprint density at radius 3 is 1.84 bits per heavy atom. The first-order chi connectivity index (χ1) is 12.4. The van der Waals surface area contributed by atoms with E-state index in [4.69, 9.17) is 0 Å². The zero-order valence-corrected chi connectivity index (χ0v) is 14.3. The third kappa shape index (κ3) is 3.46. The molecule has 0 spiro atoms. The minimum absolute atomic E-state index is 0.411. The van der Waals surface area contributed by atoms with Crippen LogP contribution in [0.15, 0.2) is 103 Å². The second kappa shape index (κ2) is 7.31. The quantitative estimate of drug-likeness (QED) is 0.436. The maximum absolute atomic E-state index is 2.37. The van der Waals surface area contributed by atoms with Crippen molar-refractivity contribution in [3.05, 3.63) is 114 Å². The summed E-state index contributed by atoms with van der Waals surface area (Å²) in [5.74, 6) is 0.411. The summed E-state index contributed by atoms with van der Waals surface area (Å²) in [5, 5.41) is 1.29. The van der Waals surface area contributed by atoms with Gasteiger partial charge in [-0.1, -0.05) is 72.8 Å². The molecule has 3 aromatic carbocycles. The molecule has 25 heavy (non-hydrogen) atoms. The normalized spacial score (nSPS) is 11.1. The van der Waals surface area contributed by atoms with Crippen molar-refractivity contribution in [1.82, 2.24) is 0 Å². The average Bonchev–Trinajstić information content (AvgIpc) is 2.70. The lowest BCUT2D eigenvalue weighted by Gasteiger charge is -2.17. The van der Waals surface area contributed by atoms with Gasteiger partial charge in [-0.3, -0.25) is 0 Å². The van der Waals surface area contributed by atoms with Gasteiger partial charge in [-0.25, -0.2) is 0 Å². The fourth-order valence-electron chi connectivity index (χ4n) is 3.58. The highest BCUT2D eigenvalue weighted by molar-refractivity contribution is 5.74. The van der Waals surface area contributed by atoms with Crippen molar-refractivity contribution in [2.75, 3.05) is 0 Å². The Bertz CT molecular complexity index is 900. The van der Waals surface area contributed by atoms with Gasteiger partial charge in [0.05, 0.1) is 0 Å². The van der Waals surface area contributed by atoms with Gasteiger partial charge < -0.3 is 0 Å². The van der Waals surface area contributed by atoms with Crippen LogP contribution in [0.1, 0.15) is 23.5 Å². The van der Waals surface area contributed by atoms with Crippen molar-refractivity contribution < 1.29 is 4.57 Å². The number of nitrogens with zero attached hydrogens (tertiary/aromatic N) is 1. The number of para-hydroxylation sites is 1. The van der Waals surface area contributed by atoms with Crippen LogP contribution in [0.4, 0.5) is 0 Å². The summed E-state index contributed by atoms with van der Waals surface area (Å²) in [4.78, 5) is 0. The van der Waals surface area contributed by atoms with E-state index < -0.39 is 0 Å². The van der Waals surface area contributed by atoms with E-state index in [1.165, 1.54) is 22.0 Å². The molecular formula is C24H22N+. The number of benzene rings is 3. The second-order valence-electron chi connectivity index (χ2n) is 6.42. The first kappa shape index (κ1) is 15.6. The van der Waals surface area contributed by atoms with Crippen LogP contribution >= 0.6 is 0 Å². The molecule has 0 bridgehead atoms. The zero-order chi connectivity index (χ0) is 16.9. The summed E-state index contributed by atoms with van der Waals surface area (Å²) in [6.07, 6.45) is 3.27. The maximum atomic E-state index is 2.37.